The largest absolute Gasteiger partial charge is 0.494 e. The molecule has 1 heterocycles. The van der Waals surface area contributed by atoms with Crippen LogP contribution in [0.5, 0.6) is 5.75 Å². The average molecular weight is 408 g/mol. The van der Waals surface area contributed by atoms with Crippen LogP contribution in [0.3, 0.4) is 0 Å². The predicted molar refractivity (Wildman–Crippen MR) is 122 cm³/mol. The van der Waals surface area contributed by atoms with E-state index in [4.69, 9.17) is 9.72 Å². The highest BCUT2D eigenvalue weighted by Gasteiger charge is 2.13. The number of nitrogens with zero attached hydrogens (tertiary/aromatic N) is 2. The molecule has 0 aliphatic carbocycles. The second-order valence-corrected chi connectivity index (χ2v) is 8.12. The molecule has 3 aromatic rings. The second-order valence-electron chi connectivity index (χ2n) is 8.12. The minimum Gasteiger partial charge on any atom is -0.494 e. The molecule has 1 unspecified atom stereocenters. The van der Waals surface area contributed by atoms with Crippen LogP contribution in [0.4, 0.5) is 0 Å². The van der Waals surface area contributed by atoms with E-state index in [1.54, 1.807) is 0 Å². The molecule has 0 radical (unpaired) electrons. The number of nitrogens with one attached hydrogen (secondary N) is 1. The summed E-state index contributed by atoms with van der Waals surface area (Å²) in [4.78, 5) is 16.7. The summed E-state index contributed by atoms with van der Waals surface area (Å²) in [6.07, 6.45) is 2.00. The second kappa shape index (κ2) is 10.3. The zero-order valence-electron chi connectivity index (χ0n) is 18.5. The molecule has 30 heavy (non-hydrogen) atoms. The van der Waals surface area contributed by atoms with Crippen LogP contribution in [-0.2, 0) is 17.9 Å². The summed E-state index contributed by atoms with van der Waals surface area (Å²) in [6, 6.07) is 16.5. The lowest BCUT2D eigenvalue weighted by molar-refractivity contribution is -0.124. The molecule has 0 aliphatic heterocycles. The molecule has 1 amide bonds. The summed E-state index contributed by atoms with van der Waals surface area (Å²) in [7, 11) is 0. The van der Waals surface area contributed by atoms with E-state index in [0.717, 1.165) is 42.0 Å². The number of fused-ring (bicyclic) bond motifs is 1. The van der Waals surface area contributed by atoms with E-state index in [9.17, 15) is 4.79 Å². The summed E-state index contributed by atoms with van der Waals surface area (Å²) in [6.45, 7) is 10.1. The molecule has 0 fully saturated rings. The molecule has 1 N–H and O–H groups in total. The number of aromatic nitrogens is 2. The van der Waals surface area contributed by atoms with Gasteiger partial charge in [0, 0.05) is 12.5 Å². The first-order chi connectivity index (χ1) is 14.5. The van der Waals surface area contributed by atoms with Gasteiger partial charge in [-0.15, -0.1) is 0 Å². The minimum absolute atomic E-state index is 0.0390. The number of aryl methyl sites for hydroxylation is 1. The highest BCUT2D eigenvalue weighted by atomic mass is 16.5. The number of hydrogen-bond donors (Lipinski definition) is 1. The Labute approximate surface area is 179 Å². The fourth-order valence-electron chi connectivity index (χ4n) is 3.42. The molecule has 0 saturated heterocycles. The van der Waals surface area contributed by atoms with E-state index in [2.05, 4.69) is 54.1 Å². The van der Waals surface area contributed by atoms with Gasteiger partial charge in [0.05, 0.1) is 24.2 Å². The summed E-state index contributed by atoms with van der Waals surface area (Å²) in [5.74, 6) is 2.36. The molecule has 1 aromatic heterocycles. The lowest BCUT2D eigenvalue weighted by Gasteiger charge is -2.13. The Morgan fingerprint density at radius 3 is 2.53 bits per heavy atom. The van der Waals surface area contributed by atoms with Crippen LogP contribution in [0.25, 0.3) is 11.0 Å². The van der Waals surface area contributed by atoms with Crippen molar-refractivity contribution in [3.63, 3.8) is 0 Å². The first-order valence-corrected chi connectivity index (χ1v) is 10.9. The number of benzene rings is 2. The maximum Gasteiger partial charge on any atom is 0.222 e. The Morgan fingerprint density at radius 1 is 1.10 bits per heavy atom. The van der Waals surface area contributed by atoms with Crippen LogP contribution < -0.4 is 10.1 Å². The third kappa shape index (κ3) is 5.41. The standard InChI is InChI=1S/C25H33N3O2/c1-5-19(4)20-11-13-21(14-12-20)30-16-8-15-28-23-10-7-6-9-22(23)27-24(28)17-26-25(29)18(2)3/h6-7,9-14,18-19H,5,8,15-17H2,1-4H3,(H,26,29). The Hall–Kier alpha value is -2.82. The number of hydrogen-bond acceptors (Lipinski definition) is 3. The van der Waals surface area contributed by atoms with E-state index >= 15 is 0 Å². The molecule has 1 atom stereocenters. The van der Waals surface area contributed by atoms with Gasteiger partial charge >= 0.3 is 0 Å². The molecule has 2 aromatic carbocycles. The number of para-hydroxylation sites is 2. The van der Waals surface area contributed by atoms with Gasteiger partial charge in [-0.05, 0) is 48.6 Å². The maximum atomic E-state index is 12.0. The van der Waals surface area contributed by atoms with Crippen LogP contribution >= 0.6 is 0 Å². The van der Waals surface area contributed by atoms with Crippen molar-refractivity contribution in [3.05, 3.63) is 59.9 Å². The fourth-order valence-corrected chi connectivity index (χ4v) is 3.42. The molecule has 0 bridgehead atoms. The van der Waals surface area contributed by atoms with Crippen molar-refractivity contribution < 1.29 is 9.53 Å². The Kier molecular flexibility index (Phi) is 7.50. The molecular weight excluding hydrogens is 374 g/mol. The third-order valence-corrected chi connectivity index (χ3v) is 5.54. The highest BCUT2D eigenvalue weighted by Crippen LogP contribution is 2.22. The molecule has 5 nitrogen and oxygen atoms in total. The molecule has 160 valence electrons. The van der Waals surface area contributed by atoms with Crippen LogP contribution in [-0.4, -0.2) is 22.1 Å². The van der Waals surface area contributed by atoms with Crippen LogP contribution in [0.15, 0.2) is 48.5 Å². The van der Waals surface area contributed by atoms with Crippen molar-refractivity contribution in [1.82, 2.24) is 14.9 Å². The first kappa shape index (κ1) is 21.9. The number of imidazole rings is 1. The average Bonchev–Trinajstić information content (AvgIpc) is 3.12. The molecular formula is C25H33N3O2. The van der Waals surface area contributed by atoms with E-state index in [1.165, 1.54) is 5.56 Å². The number of ether oxygens (including phenoxy) is 1. The van der Waals surface area contributed by atoms with Crippen LogP contribution in [0.2, 0.25) is 0 Å². The fraction of sp³-hybridized carbons (Fsp3) is 0.440. The van der Waals surface area contributed by atoms with E-state index in [-0.39, 0.29) is 11.8 Å². The lowest BCUT2D eigenvalue weighted by atomic mass is 9.99. The number of carbonyl (C=O) groups excluding carboxylic acids is 1. The quantitative estimate of drug-likeness (QED) is 0.465. The first-order valence-electron chi connectivity index (χ1n) is 10.9. The van der Waals surface area contributed by atoms with Crippen molar-refractivity contribution in [2.24, 2.45) is 5.92 Å². The molecule has 0 aliphatic rings. The van der Waals surface area contributed by atoms with Crippen molar-refractivity contribution in [3.8, 4) is 5.75 Å². The summed E-state index contributed by atoms with van der Waals surface area (Å²) < 4.78 is 8.14. The van der Waals surface area contributed by atoms with Gasteiger partial charge in [0.1, 0.15) is 11.6 Å². The normalized spacial score (nSPS) is 12.3. The van der Waals surface area contributed by atoms with E-state index in [0.29, 0.717) is 19.1 Å². The molecule has 5 heteroatoms. The van der Waals surface area contributed by atoms with Gasteiger partial charge in [-0.3, -0.25) is 4.79 Å². The van der Waals surface area contributed by atoms with Crippen LogP contribution in [0, 0.1) is 5.92 Å². The molecule has 0 saturated carbocycles. The molecule has 3 rings (SSSR count). The maximum absolute atomic E-state index is 12.0. The van der Waals surface area contributed by atoms with Crippen molar-refractivity contribution in [2.45, 2.75) is 59.5 Å². The zero-order valence-corrected chi connectivity index (χ0v) is 18.5. The Bertz CT molecular complexity index is 960. The van der Waals surface area contributed by atoms with Gasteiger partial charge in [-0.1, -0.05) is 52.0 Å². The Balaban J connectivity index is 1.60. The molecule has 0 spiro atoms. The number of amides is 1. The summed E-state index contributed by atoms with van der Waals surface area (Å²) in [5.41, 5.74) is 3.39. The van der Waals surface area contributed by atoms with E-state index in [1.807, 2.05) is 32.0 Å². The Morgan fingerprint density at radius 2 is 1.83 bits per heavy atom. The van der Waals surface area contributed by atoms with Gasteiger partial charge in [-0.25, -0.2) is 4.98 Å². The summed E-state index contributed by atoms with van der Waals surface area (Å²) >= 11 is 0. The van der Waals surface area contributed by atoms with Crippen molar-refractivity contribution >= 4 is 16.9 Å². The predicted octanol–water partition coefficient (Wildman–Crippen LogP) is 5.29. The zero-order chi connectivity index (χ0) is 21.5. The number of rotatable bonds is 10. The SMILES string of the molecule is CCC(C)c1ccc(OCCCn2c(CNC(=O)C(C)C)nc3ccccc32)cc1. The van der Waals surface area contributed by atoms with Gasteiger partial charge in [0.15, 0.2) is 0 Å². The van der Waals surface area contributed by atoms with Crippen molar-refractivity contribution in [1.29, 1.82) is 0 Å². The lowest BCUT2D eigenvalue weighted by Crippen LogP contribution is -2.28. The monoisotopic (exact) mass is 407 g/mol. The van der Waals surface area contributed by atoms with E-state index < -0.39 is 0 Å². The smallest absolute Gasteiger partial charge is 0.222 e. The van der Waals surface area contributed by atoms with Crippen LogP contribution in [0.1, 0.15) is 57.8 Å². The summed E-state index contributed by atoms with van der Waals surface area (Å²) in [5, 5.41) is 2.98. The van der Waals surface area contributed by atoms with Gasteiger partial charge in [-0.2, -0.15) is 0 Å². The highest BCUT2D eigenvalue weighted by molar-refractivity contribution is 5.78. The van der Waals surface area contributed by atoms with Gasteiger partial charge in [0.25, 0.3) is 0 Å². The number of carbonyl (C=O) groups is 1. The topological polar surface area (TPSA) is 56.1 Å². The van der Waals surface area contributed by atoms with Crippen molar-refractivity contribution in [2.75, 3.05) is 6.61 Å². The van der Waals surface area contributed by atoms with Gasteiger partial charge < -0.3 is 14.6 Å². The van der Waals surface area contributed by atoms with Gasteiger partial charge in [0.2, 0.25) is 5.91 Å². The third-order valence-electron chi connectivity index (χ3n) is 5.54. The minimum atomic E-state index is -0.0390.